The second-order valence-electron chi connectivity index (χ2n) is 7.67. The second-order valence-corrected chi connectivity index (χ2v) is 9.18. The summed E-state index contributed by atoms with van der Waals surface area (Å²) in [5, 5.41) is 8.00. The van der Waals surface area contributed by atoms with Gasteiger partial charge in [-0.15, -0.1) is 11.3 Å². The average molecular weight is 445 g/mol. The highest BCUT2D eigenvalue weighted by atomic mass is 32.1. The molecule has 0 saturated heterocycles. The molecule has 0 radical (unpaired) electrons. The topological polar surface area (TPSA) is 50.4 Å². The van der Waals surface area contributed by atoms with Gasteiger partial charge in [-0.05, 0) is 75.2 Å². The summed E-state index contributed by atoms with van der Waals surface area (Å²) < 4.78 is 5.37. The fraction of sp³-hybridized carbons (Fsp3) is 0.500. The Labute approximate surface area is 189 Å². The van der Waals surface area contributed by atoms with Gasteiger partial charge in [0.1, 0.15) is 5.00 Å². The number of rotatable bonds is 8. The maximum Gasteiger partial charge on any atom is 0.341 e. The van der Waals surface area contributed by atoms with Crippen LogP contribution < -0.4 is 10.6 Å². The molecule has 0 saturated carbocycles. The molecular weight excluding hydrogens is 412 g/mol. The molecule has 3 rings (SSSR count). The molecule has 1 heterocycles. The van der Waals surface area contributed by atoms with E-state index in [4.69, 9.17) is 17.0 Å². The van der Waals surface area contributed by atoms with E-state index in [0.717, 1.165) is 50.1 Å². The van der Waals surface area contributed by atoms with E-state index in [1.165, 1.54) is 35.3 Å². The first-order valence-corrected chi connectivity index (χ1v) is 12.3. The van der Waals surface area contributed by atoms with Crippen LogP contribution in [-0.4, -0.2) is 24.2 Å². The molecule has 0 atom stereocenters. The van der Waals surface area contributed by atoms with Crippen LogP contribution in [0.2, 0.25) is 0 Å². The number of hydrogen-bond donors (Lipinski definition) is 2. The molecule has 162 valence electrons. The molecule has 6 heteroatoms. The van der Waals surface area contributed by atoms with Crippen molar-refractivity contribution >= 4 is 39.6 Å². The largest absolute Gasteiger partial charge is 0.462 e. The Morgan fingerprint density at radius 1 is 1.10 bits per heavy atom. The van der Waals surface area contributed by atoms with Crippen LogP contribution in [0.3, 0.4) is 0 Å². The first-order valence-electron chi connectivity index (χ1n) is 11.1. The van der Waals surface area contributed by atoms with E-state index in [1.807, 2.05) is 13.0 Å². The maximum absolute atomic E-state index is 12.7. The van der Waals surface area contributed by atoms with Crippen LogP contribution in [-0.2, 0) is 24.0 Å². The van der Waals surface area contributed by atoms with Gasteiger partial charge in [-0.1, -0.05) is 43.2 Å². The first kappa shape index (κ1) is 22.8. The molecule has 30 heavy (non-hydrogen) atoms. The molecule has 2 N–H and O–H groups in total. The number of anilines is 1. The number of hydrogen-bond acceptors (Lipinski definition) is 4. The van der Waals surface area contributed by atoms with Gasteiger partial charge in [-0.25, -0.2) is 4.79 Å². The Hall–Kier alpha value is -1.92. The predicted octanol–water partition coefficient (Wildman–Crippen LogP) is 5.89. The van der Waals surface area contributed by atoms with Crippen LogP contribution in [0.1, 0.15) is 71.8 Å². The third-order valence-corrected chi connectivity index (χ3v) is 6.85. The second kappa shape index (κ2) is 12.1. The van der Waals surface area contributed by atoms with Crippen LogP contribution >= 0.6 is 23.6 Å². The number of thiophene rings is 1. The number of carbonyl (C=O) groups excluding carboxylic acids is 1. The lowest BCUT2D eigenvalue weighted by molar-refractivity contribution is 0.0526. The fourth-order valence-corrected chi connectivity index (χ4v) is 5.43. The maximum atomic E-state index is 12.7. The summed E-state index contributed by atoms with van der Waals surface area (Å²) in [5.74, 6) is -0.233. The molecule has 2 aromatic rings. The zero-order chi connectivity index (χ0) is 21.2. The molecule has 4 nitrogen and oxygen atoms in total. The van der Waals surface area contributed by atoms with Gasteiger partial charge in [-0.3, -0.25) is 0 Å². The Balaban J connectivity index is 1.56. The van der Waals surface area contributed by atoms with E-state index < -0.39 is 0 Å². The van der Waals surface area contributed by atoms with Crippen molar-refractivity contribution in [1.29, 1.82) is 0 Å². The first-order chi connectivity index (χ1) is 14.7. The highest BCUT2D eigenvalue weighted by molar-refractivity contribution is 7.80. The summed E-state index contributed by atoms with van der Waals surface area (Å²) in [4.78, 5) is 14.0. The van der Waals surface area contributed by atoms with Gasteiger partial charge in [0.05, 0.1) is 12.2 Å². The fourth-order valence-electron chi connectivity index (χ4n) is 3.87. The van der Waals surface area contributed by atoms with Crippen LogP contribution in [0.5, 0.6) is 0 Å². The van der Waals surface area contributed by atoms with Gasteiger partial charge in [0.2, 0.25) is 0 Å². The van der Waals surface area contributed by atoms with Crippen LogP contribution in [0.4, 0.5) is 5.00 Å². The predicted molar refractivity (Wildman–Crippen MR) is 130 cm³/mol. The SMILES string of the molecule is CCOC(=O)c1c(NC(=S)NCCCCc2ccccc2)sc2c1CCCCCC2. The third kappa shape index (κ3) is 6.54. The highest BCUT2D eigenvalue weighted by Crippen LogP contribution is 2.37. The summed E-state index contributed by atoms with van der Waals surface area (Å²) in [5.41, 5.74) is 3.24. The van der Waals surface area contributed by atoms with Gasteiger partial charge < -0.3 is 15.4 Å². The third-order valence-electron chi connectivity index (χ3n) is 5.40. The number of esters is 1. The van der Waals surface area contributed by atoms with E-state index >= 15 is 0 Å². The van der Waals surface area contributed by atoms with Crippen LogP contribution in [0.15, 0.2) is 30.3 Å². The average Bonchev–Trinajstić information content (AvgIpc) is 3.04. The molecule has 0 fully saturated rings. The Bertz CT molecular complexity index is 833. The normalized spacial score (nSPS) is 13.6. The van der Waals surface area contributed by atoms with Gasteiger partial charge in [0, 0.05) is 11.4 Å². The Morgan fingerprint density at radius 3 is 2.63 bits per heavy atom. The van der Waals surface area contributed by atoms with E-state index in [0.29, 0.717) is 17.3 Å². The van der Waals surface area contributed by atoms with Crippen molar-refractivity contribution in [3.05, 3.63) is 51.9 Å². The zero-order valence-corrected chi connectivity index (χ0v) is 19.4. The van der Waals surface area contributed by atoms with E-state index in [9.17, 15) is 4.79 Å². The minimum Gasteiger partial charge on any atom is -0.462 e. The van der Waals surface area contributed by atoms with Crippen molar-refractivity contribution in [2.75, 3.05) is 18.5 Å². The van der Waals surface area contributed by atoms with Gasteiger partial charge >= 0.3 is 5.97 Å². The standard InChI is InChI=1S/C24H32N2O2S2/c1-2-28-23(27)21-19-15-8-3-4-9-16-20(19)30-22(21)26-24(29)25-17-11-10-14-18-12-6-5-7-13-18/h5-7,12-13H,2-4,8-11,14-17H2,1H3,(H2,25,26,29). The molecule has 0 unspecified atom stereocenters. The number of unbranched alkanes of at least 4 members (excludes halogenated alkanes) is 1. The number of thiocarbonyl (C=S) groups is 1. The number of nitrogens with one attached hydrogen (secondary N) is 2. The zero-order valence-electron chi connectivity index (χ0n) is 17.8. The smallest absolute Gasteiger partial charge is 0.341 e. The van der Waals surface area contributed by atoms with E-state index in [2.05, 4.69) is 34.9 Å². The summed E-state index contributed by atoms with van der Waals surface area (Å²) in [6, 6.07) is 10.5. The van der Waals surface area contributed by atoms with Crippen molar-refractivity contribution < 1.29 is 9.53 Å². The molecule has 1 aliphatic carbocycles. The monoisotopic (exact) mass is 444 g/mol. The van der Waals surface area contributed by atoms with Gasteiger partial charge in [0.15, 0.2) is 5.11 Å². The van der Waals surface area contributed by atoms with Crippen LogP contribution in [0, 0.1) is 0 Å². The number of fused-ring (bicyclic) bond motifs is 1. The minimum atomic E-state index is -0.233. The van der Waals surface area contributed by atoms with Crippen molar-refractivity contribution in [3.63, 3.8) is 0 Å². The number of ether oxygens (including phenoxy) is 1. The lowest BCUT2D eigenvalue weighted by atomic mass is 9.96. The molecule has 1 aliphatic rings. The van der Waals surface area contributed by atoms with Crippen molar-refractivity contribution in [2.45, 2.75) is 64.7 Å². The molecule has 0 aliphatic heterocycles. The van der Waals surface area contributed by atoms with Crippen molar-refractivity contribution in [3.8, 4) is 0 Å². The Morgan fingerprint density at radius 2 is 1.87 bits per heavy atom. The van der Waals surface area contributed by atoms with Crippen molar-refractivity contribution in [2.24, 2.45) is 0 Å². The minimum absolute atomic E-state index is 0.233. The number of aryl methyl sites for hydroxylation is 2. The molecule has 0 amide bonds. The number of benzene rings is 1. The molecular formula is C24H32N2O2S2. The van der Waals surface area contributed by atoms with Gasteiger partial charge in [0.25, 0.3) is 0 Å². The molecule has 1 aromatic heterocycles. The summed E-state index contributed by atoms with van der Waals surface area (Å²) in [7, 11) is 0. The highest BCUT2D eigenvalue weighted by Gasteiger charge is 2.25. The van der Waals surface area contributed by atoms with Crippen LogP contribution in [0.25, 0.3) is 0 Å². The molecule has 0 bridgehead atoms. The van der Waals surface area contributed by atoms with E-state index in [1.54, 1.807) is 11.3 Å². The van der Waals surface area contributed by atoms with E-state index in [-0.39, 0.29) is 5.97 Å². The number of carbonyl (C=O) groups is 1. The quantitative estimate of drug-likeness (QED) is 0.302. The van der Waals surface area contributed by atoms with Gasteiger partial charge in [-0.2, -0.15) is 0 Å². The molecule has 0 spiro atoms. The summed E-state index contributed by atoms with van der Waals surface area (Å²) >= 11 is 7.18. The molecule has 1 aromatic carbocycles. The summed E-state index contributed by atoms with van der Waals surface area (Å²) in [6.07, 6.45) is 10.0. The lowest BCUT2D eigenvalue weighted by Crippen LogP contribution is -2.29. The summed E-state index contributed by atoms with van der Waals surface area (Å²) in [6.45, 7) is 3.05. The lowest BCUT2D eigenvalue weighted by Gasteiger charge is -2.12. The Kier molecular flexibility index (Phi) is 9.15. The van der Waals surface area contributed by atoms with Crippen molar-refractivity contribution in [1.82, 2.24) is 5.32 Å².